The summed E-state index contributed by atoms with van der Waals surface area (Å²) in [6.45, 7) is 7.78. The van der Waals surface area contributed by atoms with E-state index in [-0.39, 0.29) is 12.5 Å². The molecule has 0 rings (SSSR count). The van der Waals surface area contributed by atoms with Crippen molar-refractivity contribution < 1.29 is 23.2 Å². The standard InChI is InChI=1S/C23H49O5PS/c1-4-5-6-7-8-9-10-11-12-13-14-15-16-17-19-26-20-18-21-27-29(24,25)28-22-30-23(2)3/h23H,4-22H2,1-3H3,(H,24,25). The summed E-state index contributed by atoms with van der Waals surface area (Å²) in [7, 11) is -3.92. The number of unbranched alkanes of at least 4 members (excludes halogenated alkanes) is 13. The molecule has 1 atom stereocenters. The Morgan fingerprint density at radius 3 is 1.67 bits per heavy atom. The zero-order chi connectivity index (χ0) is 22.3. The fourth-order valence-electron chi connectivity index (χ4n) is 3.11. The molecule has 0 aromatic heterocycles. The molecule has 0 aromatic carbocycles. The van der Waals surface area contributed by atoms with E-state index in [2.05, 4.69) is 6.92 Å². The molecule has 0 bridgehead atoms. The molecule has 0 fully saturated rings. The molecule has 7 heteroatoms. The van der Waals surface area contributed by atoms with Crippen molar-refractivity contribution in [2.24, 2.45) is 0 Å². The second-order valence-corrected chi connectivity index (χ2v) is 11.3. The van der Waals surface area contributed by atoms with Gasteiger partial charge in [-0.1, -0.05) is 104 Å². The van der Waals surface area contributed by atoms with Gasteiger partial charge in [-0.2, -0.15) is 0 Å². The lowest BCUT2D eigenvalue weighted by Gasteiger charge is -2.12. The molecule has 0 aliphatic rings. The number of phosphoric acid groups is 1. The molecule has 0 amide bonds. The molecule has 182 valence electrons. The summed E-state index contributed by atoms with van der Waals surface area (Å²) in [5.41, 5.74) is 0. The first-order valence-corrected chi connectivity index (χ1v) is 14.8. The van der Waals surface area contributed by atoms with Crippen molar-refractivity contribution >= 4 is 19.6 Å². The van der Waals surface area contributed by atoms with Crippen LogP contribution in [-0.4, -0.2) is 35.9 Å². The molecule has 0 heterocycles. The van der Waals surface area contributed by atoms with E-state index in [1.807, 2.05) is 13.8 Å². The predicted molar refractivity (Wildman–Crippen MR) is 130 cm³/mol. The van der Waals surface area contributed by atoms with Crippen molar-refractivity contribution in [3.8, 4) is 0 Å². The molecular formula is C23H49O5PS. The molecule has 0 aliphatic carbocycles. The van der Waals surface area contributed by atoms with E-state index in [1.54, 1.807) is 0 Å². The molecular weight excluding hydrogens is 419 g/mol. The fourth-order valence-corrected chi connectivity index (χ4v) is 4.59. The van der Waals surface area contributed by atoms with Gasteiger partial charge in [0.1, 0.15) is 5.94 Å². The minimum Gasteiger partial charge on any atom is -0.381 e. The van der Waals surface area contributed by atoms with Crippen LogP contribution in [0.15, 0.2) is 0 Å². The van der Waals surface area contributed by atoms with E-state index in [0.717, 1.165) is 13.0 Å². The largest absolute Gasteiger partial charge is 0.472 e. The number of hydrogen-bond donors (Lipinski definition) is 1. The lowest BCUT2D eigenvalue weighted by Crippen LogP contribution is -2.03. The number of ether oxygens (including phenoxy) is 1. The molecule has 0 saturated carbocycles. The first-order chi connectivity index (χ1) is 14.5. The van der Waals surface area contributed by atoms with Crippen molar-refractivity contribution in [2.75, 3.05) is 25.8 Å². The van der Waals surface area contributed by atoms with Gasteiger partial charge in [-0.05, 0) is 12.8 Å². The minimum atomic E-state index is -3.92. The second kappa shape index (κ2) is 22.6. The van der Waals surface area contributed by atoms with Gasteiger partial charge in [-0.3, -0.25) is 9.05 Å². The fraction of sp³-hybridized carbons (Fsp3) is 1.00. The number of phosphoric ester groups is 1. The van der Waals surface area contributed by atoms with Crippen LogP contribution >= 0.6 is 19.6 Å². The van der Waals surface area contributed by atoms with Crippen LogP contribution in [0, 0.1) is 0 Å². The Morgan fingerprint density at radius 1 is 0.700 bits per heavy atom. The molecule has 0 spiro atoms. The average Bonchev–Trinajstić information content (AvgIpc) is 2.69. The minimum absolute atomic E-state index is 0.168. The Kier molecular flexibility index (Phi) is 22.9. The monoisotopic (exact) mass is 468 g/mol. The van der Waals surface area contributed by atoms with E-state index < -0.39 is 7.82 Å². The van der Waals surface area contributed by atoms with Gasteiger partial charge in [-0.25, -0.2) is 4.57 Å². The van der Waals surface area contributed by atoms with Gasteiger partial charge >= 0.3 is 7.82 Å². The van der Waals surface area contributed by atoms with Gasteiger partial charge in [0.15, 0.2) is 0 Å². The lowest BCUT2D eigenvalue weighted by atomic mass is 10.0. The SMILES string of the molecule is CCCCCCCCCCCCCCCCOCCCOP(=O)(O)OCSC(C)C. The molecule has 0 radical (unpaired) electrons. The third kappa shape index (κ3) is 24.7. The Bertz CT molecular complexity index is 396. The van der Waals surface area contributed by atoms with Crippen LogP contribution in [0.5, 0.6) is 0 Å². The summed E-state index contributed by atoms with van der Waals surface area (Å²) < 4.78 is 27.0. The molecule has 0 saturated heterocycles. The van der Waals surface area contributed by atoms with Crippen molar-refractivity contribution in [1.82, 2.24) is 0 Å². The molecule has 5 nitrogen and oxygen atoms in total. The predicted octanol–water partition coefficient (Wildman–Crippen LogP) is 8.11. The van der Waals surface area contributed by atoms with Crippen LogP contribution in [0.1, 0.15) is 117 Å². The van der Waals surface area contributed by atoms with Gasteiger partial charge in [0.05, 0.1) is 6.61 Å². The Hall–Kier alpha value is 0.420. The maximum atomic E-state index is 11.6. The van der Waals surface area contributed by atoms with E-state index in [4.69, 9.17) is 13.8 Å². The molecule has 1 unspecified atom stereocenters. The summed E-state index contributed by atoms with van der Waals surface area (Å²) in [6, 6.07) is 0. The zero-order valence-electron chi connectivity index (χ0n) is 19.9. The van der Waals surface area contributed by atoms with E-state index >= 15 is 0 Å². The van der Waals surface area contributed by atoms with Crippen LogP contribution < -0.4 is 0 Å². The summed E-state index contributed by atoms with van der Waals surface area (Å²) in [4.78, 5) is 9.53. The van der Waals surface area contributed by atoms with Crippen LogP contribution in [0.2, 0.25) is 0 Å². The Balaban J connectivity index is 3.20. The molecule has 30 heavy (non-hydrogen) atoms. The zero-order valence-corrected chi connectivity index (χ0v) is 21.7. The highest BCUT2D eigenvalue weighted by atomic mass is 32.2. The Morgan fingerprint density at radius 2 is 1.17 bits per heavy atom. The van der Waals surface area contributed by atoms with Gasteiger partial charge in [-0.15, -0.1) is 11.8 Å². The smallest absolute Gasteiger partial charge is 0.381 e. The Labute approximate surface area is 191 Å². The maximum Gasteiger partial charge on any atom is 0.472 e. The molecule has 0 aliphatic heterocycles. The normalized spacial score (nSPS) is 13.8. The summed E-state index contributed by atoms with van der Waals surface area (Å²) in [6.07, 6.45) is 19.6. The van der Waals surface area contributed by atoms with Gasteiger partial charge in [0.2, 0.25) is 0 Å². The third-order valence-corrected chi connectivity index (χ3v) is 7.01. The average molecular weight is 469 g/mol. The molecule has 0 aromatic rings. The number of thioether (sulfide) groups is 1. The molecule has 1 N–H and O–H groups in total. The van der Waals surface area contributed by atoms with Crippen LogP contribution in [0.4, 0.5) is 0 Å². The van der Waals surface area contributed by atoms with E-state index in [0.29, 0.717) is 18.3 Å². The van der Waals surface area contributed by atoms with Crippen LogP contribution in [0.3, 0.4) is 0 Å². The first-order valence-electron chi connectivity index (χ1n) is 12.3. The first kappa shape index (κ1) is 30.4. The highest BCUT2D eigenvalue weighted by molar-refractivity contribution is 7.99. The highest BCUT2D eigenvalue weighted by Gasteiger charge is 2.20. The van der Waals surface area contributed by atoms with E-state index in [9.17, 15) is 9.46 Å². The van der Waals surface area contributed by atoms with Crippen LogP contribution in [0.25, 0.3) is 0 Å². The maximum absolute atomic E-state index is 11.6. The second-order valence-electron chi connectivity index (χ2n) is 8.33. The lowest BCUT2D eigenvalue weighted by molar-refractivity contribution is 0.104. The highest BCUT2D eigenvalue weighted by Crippen LogP contribution is 2.44. The topological polar surface area (TPSA) is 65.0 Å². The summed E-state index contributed by atoms with van der Waals surface area (Å²) >= 11 is 1.47. The quantitative estimate of drug-likeness (QED) is 0.0876. The third-order valence-electron chi connectivity index (χ3n) is 4.95. The number of rotatable bonds is 24. The van der Waals surface area contributed by atoms with E-state index in [1.165, 1.54) is 95.2 Å². The van der Waals surface area contributed by atoms with Crippen molar-refractivity contribution in [2.45, 2.75) is 122 Å². The van der Waals surface area contributed by atoms with Crippen molar-refractivity contribution in [1.29, 1.82) is 0 Å². The number of hydrogen-bond acceptors (Lipinski definition) is 5. The van der Waals surface area contributed by atoms with Crippen molar-refractivity contribution in [3.05, 3.63) is 0 Å². The van der Waals surface area contributed by atoms with Gasteiger partial charge < -0.3 is 9.63 Å². The van der Waals surface area contributed by atoms with Crippen LogP contribution in [-0.2, 0) is 18.3 Å². The van der Waals surface area contributed by atoms with Crippen molar-refractivity contribution in [3.63, 3.8) is 0 Å². The van der Waals surface area contributed by atoms with Gasteiger partial charge in [0, 0.05) is 18.5 Å². The summed E-state index contributed by atoms with van der Waals surface area (Å²) in [5.74, 6) is 0.168. The summed E-state index contributed by atoms with van der Waals surface area (Å²) in [5, 5.41) is 0.355. The van der Waals surface area contributed by atoms with Gasteiger partial charge in [0.25, 0.3) is 0 Å².